The maximum Gasteiger partial charge on any atom is 0.329 e. The first-order chi connectivity index (χ1) is 9.60. The Labute approximate surface area is 121 Å². The number of halogens is 1. The fourth-order valence-electron chi connectivity index (χ4n) is 2.43. The van der Waals surface area contributed by atoms with Gasteiger partial charge < -0.3 is 5.32 Å². The van der Waals surface area contributed by atoms with Crippen molar-refractivity contribution in [1.82, 2.24) is 9.97 Å². The molecule has 0 saturated heterocycles. The van der Waals surface area contributed by atoms with Crippen molar-refractivity contribution in [3.8, 4) is 6.07 Å². The lowest BCUT2D eigenvalue weighted by Gasteiger charge is -2.27. The average molecular weight is 296 g/mol. The quantitative estimate of drug-likeness (QED) is 0.520. The third-order valence-electron chi connectivity index (χ3n) is 3.50. The van der Waals surface area contributed by atoms with Crippen molar-refractivity contribution in [3.63, 3.8) is 0 Å². The molecule has 7 nitrogen and oxygen atoms in total. The molecule has 1 saturated carbocycles. The van der Waals surface area contributed by atoms with Crippen molar-refractivity contribution in [2.75, 3.05) is 5.32 Å². The summed E-state index contributed by atoms with van der Waals surface area (Å²) in [5.74, 6) is 0.598. The number of rotatable bonds is 4. The minimum absolute atomic E-state index is 0.0173. The van der Waals surface area contributed by atoms with Gasteiger partial charge in [0.2, 0.25) is 11.1 Å². The smallest absolute Gasteiger partial charge is 0.329 e. The Bertz CT molecular complexity index is 537. The van der Waals surface area contributed by atoms with E-state index in [2.05, 4.69) is 21.4 Å². The predicted octanol–water partition coefficient (Wildman–Crippen LogP) is 2.92. The van der Waals surface area contributed by atoms with Crippen LogP contribution in [0, 0.1) is 27.4 Å². The molecule has 0 aliphatic heterocycles. The molecule has 1 heterocycles. The number of aromatic nitrogens is 2. The van der Waals surface area contributed by atoms with E-state index in [0.29, 0.717) is 12.3 Å². The second-order valence-electron chi connectivity index (χ2n) is 4.85. The van der Waals surface area contributed by atoms with E-state index in [1.165, 1.54) is 0 Å². The number of nitriles is 1. The zero-order valence-electron chi connectivity index (χ0n) is 10.8. The summed E-state index contributed by atoms with van der Waals surface area (Å²) in [6, 6.07) is 2.31. The van der Waals surface area contributed by atoms with Crippen LogP contribution >= 0.6 is 11.6 Å². The summed E-state index contributed by atoms with van der Waals surface area (Å²) in [7, 11) is 0. The standard InChI is InChI=1S/C12H14ClN5O2/c13-12-15-7-10(18(19)20)11(17-12)16-9-3-1-8(2-4-9)5-6-14/h7-9H,1-5H2,(H,15,16,17)/t8-,9-. The fraction of sp³-hybridized carbons (Fsp3) is 0.583. The molecular formula is C12H14ClN5O2. The minimum Gasteiger partial charge on any atom is -0.361 e. The lowest BCUT2D eigenvalue weighted by Crippen LogP contribution is -2.26. The van der Waals surface area contributed by atoms with Crippen molar-refractivity contribution in [3.05, 3.63) is 21.6 Å². The van der Waals surface area contributed by atoms with Gasteiger partial charge in [-0.2, -0.15) is 10.2 Å². The zero-order valence-corrected chi connectivity index (χ0v) is 11.5. The highest BCUT2D eigenvalue weighted by atomic mass is 35.5. The van der Waals surface area contributed by atoms with Crippen LogP contribution in [0.3, 0.4) is 0 Å². The molecule has 0 spiro atoms. The normalized spacial score (nSPS) is 22.0. The monoisotopic (exact) mass is 295 g/mol. The number of nitrogens with zero attached hydrogens (tertiary/aromatic N) is 4. The SMILES string of the molecule is N#CC[C@H]1CC[C@H](Nc2nc(Cl)ncc2[N+](=O)[O-])CC1. The second kappa shape index (κ2) is 6.48. The Balaban J connectivity index is 2.02. The third kappa shape index (κ3) is 3.54. The molecule has 2 rings (SSSR count). The van der Waals surface area contributed by atoms with Crippen molar-refractivity contribution in [1.29, 1.82) is 5.26 Å². The van der Waals surface area contributed by atoms with E-state index < -0.39 is 4.92 Å². The Morgan fingerprint density at radius 2 is 2.20 bits per heavy atom. The Kier molecular flexibility index (Phi) is 4.69. The lowest BCUT2D eigenvalue weighted by atomic mass is 9.84. The van der Waals surface area contributed by atoms with Crippen molar-refractivity contribution in [2.24, 2.45) is 5.92 Å². The molecule has 0 amide bonds. The largest absolute Gasteiger partial charge is 0.361 e. The number of hydrogen-bond acceptors (Lipinski definition) is 6. The van der Waals surface area contributed by atoms with Crippen LogP contribution in [-0.2, 0) is 0 Å². The average Bonchev–Trinajstić information content (AvgIpc) is 2.41. The van der Waals surface area contributed by atoms with Crippen LogP contribution in [0.5, 0.6) is 0 Å². The van der Waals surface area contributed by atoms with E-state index >= 15 is 0 Å². The number of hydrogen-bond donors (Lipinski definition) is 1. The summed E-state index contributed by atoms with van der Waals surface area (Å²) in [6.45, 7) is 0. The van der Waals surface area contributed by atoms with Crippen molar-refractivity contribution < 1.29 is 4.92 Å². The molecule has 1 aliphatic rings. The van der Waals surface area contributed by atoms with Crippen molar-refractivity contribution in [2.45, 2.75) is 38.1 Å². The Morgan fingerprint density at radius 3 is 2.80 bits per heavy atom. The highest BCUT2D eigenvalue weighted by Gasteiger charge is 2.24. The third-order valence-corrected chi connectivity index (χ3v) is 3.69. The van der Waals surface area contributed by atoms with Crippen LogP contribution in [0.2, 0.25) is 5.28 Å². The molecule has 1 aliphatic carbocycles. The van der Waals surface area contributed by atoms with Gasteiger partial charge in [0.25, 0.3) is 0 Å². The molecule has 1 N–H and O–H groups in total. The van der Waals surface area contributed by atoms with Gasteiger partial charge in [0, 0.05) is 12.5 Å². The first-order valence-corrected chi connectivity index (χ1v) is 6.78. The number of anilines is 1. The van der Waals surface area contributed by atoms with Crippen LogP contribution in [0.25, 0.3) is 0 Å². The molecule has 0 aromatic carbocycles. The Morgan fingerprint density at radius 1 is 1.50 bits per heavy atom. The topological polar surface area (TPSA) is 105 Å². The van der Waals surface area contributed by atoms with Crippen LogP contribution < -0.4 is 5.32 Å². The van der Waals surface area contributed by atoms with Gasteiger partial charge in [0.05, 0.1) is 11.0 Å². The van der Waals surface area contributed by atoms with Crippen molar-refractivity contribution >= 4 is 23.1 Å². The van der Waals surface area contributed by atoms with Gasteiger partial charge in [0.1, 0.15) is 6.20 Å². The van der Waals surface area contributed by atoms with E-state index in [9.17, 15) is 10.1 Å². The second-order valence-corrected chi connectivity index (χ2v) is 5.19. The maximum atomic E-state index is 10.9. The van der Waals surface area contributed by atoms with Crippen LogP contribution in [0.1, 0.15) is 32.1 Å². The molecule has 1 aromatic heterocycles. The Hall–Kier alpha value is -1.94. The fourth-order valence-corrected chi connectivity index (χ4v) is 2.56. The molecule has 20 heavy (non-hydrogen) atoms. The number of nitro groups is 1. The predicted molar refractivity (Wildman–Crippen MR) is 73.3 cm³/mol. The van der Waals surface area contributed by atoms with E-state index in [-0.39, 0.29) is 22.8 Å². The summed E-state index contributed by atoms with van der Waals surface area (Å²) < 4.78 is 0. The molecule has 106 valence electrons. The molecular weight excluding hydrogens is 282 g/mol. The van der Waals surface area contributed by atoms with Crippen LogP contribution in [0.4, 0.5) is 11.5 Å². The summed E-state index contributed by atoms with van der Waals surface area (Å²) in [6.07, 6.45) is 5.30. The van der Waals surface area contributed by atoms with Gasteiger partial charge in [0.15, 0.2) is 0 Å². The van der Waals surface area contributed by atoms with Gasteiger partial charge in [-0.15, -0.1) is 0 Å². The van der Waals surface area contributed by atoms with Gasteiger partial charge in [-0.1, -0.05) is 0 Å². The van der Waals surface area contributed by atoms with E-state index in [1.807, 2.05) is 0 Å². The first-order valence-electron chi connectivity index (χ1n) is 6.40. The molecule has 1 fully saturated rings. The number of nitrogens with one attached hydrogen (secondary N) is 1. The van der Waals surface area contributed by atoms with Crippen LogP contribution in [0.15, 0.2) is 6.20 Å². The summed E-state index contributed by atoms with van der Waals surface area (Å²) in [4.78, 5) is 17.9. The summed E-state index contributed by atoms with van der Waals surface area (Å²) >= 11 is 5.68. The molecule has 0 atom stereocenters. The van der Waals surface area contributed by atoms with Gasteiger partial charge >= 0.3 is 5.69 Å². The summed E-state index contributed by atoms with van der Waals surface area (Å²) in [5, 5.41) is 22.7. The van der Waals surface area contributed by atoms with E-state index in [4.69, 9.17) is 16.9 Å². The lowest BCUT2D eigenvalue weighted by molar-refractivity contribution is -0.384. The maximum absolute atomic E-state index is 10.9. The van der Waals surface area contributed by atoms with E-state index in [0.717, 1.165) is 31.9 Å². The first kappa shape index (κ1) is 14.5. The highest BCUT2D eigenvalue weighted by Crippen LogP contribution is 2.30. The molecule has 0 bridgehead atoms. The van der Waals surface area contributed by atoms with Crippen LogP contribution in [-0.4, -0.2) is 20.9 Å². The molecule has 0 radical (unpaired) electrons. The molecule has 1 aromatic rings. The summed E-state index contributed by atoms with van der Waals surface area (Å²) in [5.41, 5.74) is -0.173. The van der Waals surface area contributed by atoms with E-state index in [1.54, 1.807) is 0 Å². The molecule has 0 unspecified atom stereocenters. The zero-order chi connectivity index (χ0) is 14.5. The van der Waals surface area contributed by atoms with Gasteiger partial charge in [-0.25, -0.2) is 4.98 Å². The van der Waals surface area contributed by atoms with Gasteiger partial charge in [-0.3, -0.25) is 10.1 Å². The molecule has 8 heteroatoms. The van der Waals surface area contributed by atoms with Gasteiger partial charge in [-0.05, 0) is 43.2 Å². The minimum atomic E-state index is -0.528. The highest BCUT2D eigenvalue weighted by molar-refractivity contribution is 6.28.